The summed E-state index contributed by atoms with van der Waals surface area (Å²) in [4.78, 5) is 0. The van der Waals surface area contributed by atoms with Crippen LogP contribution in [-0.2, 0) is 4.74 Å². The van der Waals surface area contributed by atoms with Crippen molar-refractivity contribution in [2.24, 2.45) is 17.6 Å². The van der Waals surface area contributed by atoms with E-state index in [0.717, 1.165) is 18.4 Å². The van der Waals surface area contributed by atoms with Crippen LogP contribution in [0.3, 0.4) is 0 Å². The Morgan fingerprint density at radius 1 is 1.22 bits per heavy atom. The second-order valence-electron chi connectivity index (χ2n) is 6.58. The highest BCUT2D eigenvalue weighted by atomic mass is 32.2. The van der Waals surface area contributed by atoms with E-state index in [-0.39, 0.29) is 5.60 Å². The fourth-order valence-electron chi connectivity index (χ4n) is 3.66. The lowest BCUT2D eigenvalue weighted by molar-refractivity contribution is -0.103. The first-order valence-electron chi connectivity index (χ1n) is 7.75. The number of ether oxygens (including phenoxy) is 1. The summed E-state index contributed by atoms with van der Waals surface area (Å²) in [6.45, 7) is 0.994. The van der Waals surface area contributed by atoms with Gasteiger partial charge in [-0.05, 0) is 74.7 Å². The van der Waals surface area contributed by atoms with E-state index in [1.54, 1.807) is 0 Å². The summed E-state index contributed by atoms with van der Waals surface area (Å²) in [5.74, 6) is 4.35. The van der Waals surface area contributed by atoms with Crippen molar-refractivity contribution in [1.82, 2.24) is 0 Å². The average molecular weight is 269 g/mol. The van der Waals surface area contributed by atoms with Gasteiger partial charge >= 0.3 is 0 Å². The number of nitrogens with two attached hydrogens (primary N) is 1. The maximum atomic E-state index is 6.23. The molecule has 104 valence electrons. The topological polar surface area (TPSA) is 35.2 Å². The van der Waals surface area contributed by atoms with Gasteiger partial charge in [0.25, 0.3) is 0 Å². The smallest absolute Gasteiger partial charge is 0.0700 e. The standard InChI is InChI=1S/C15H27NOS/c16-14(13-2-3-13)4-1-12-5-8-17-15(11-12)6-9-18-10-7-15/h12-14H,1-11,16H2. The van der Waals surface area contributed by atoms with E-state index >= 15 is 0 Å². The van der Waals surface area contributed by atoms with Gasteiger partial charge in [0.2, 0.25) is 0 Å². The maximum absolute atomic E-state index is 6.23. The summed E-state index contributed by atoms with van der Waals surface area (Å²) in [5.41, 5.74) is 6.49. The van der Waals surface area contributed by atoms with Crippen molar-refractivity contribution in [1.29, 1.82) is 0 Å². The van der Waals surface area contributed by atoms with Crippen LogP contribution >= 0.6 is 11.8 Å². The van der Waals surface area contributed by atoms with Gasteiger partial charge in [0.15, 0.2) is 0 Å². The number of hydrogen-bond acceptors (Lipinski definition) is 3. The second-order valence-corrected chi connectivity index (χ2v) is 7.81. The lowest BCUT2D eigenvalue weighted by Crippen LogP contribution is -2.43. The molecular weight excluding hydrogens is 242 g/mol. The molecule has 3 fully saturated rings. The van der Waals surface area contributed by atoms with Crippen molar-refractivity contribution >= 4 is 11.8 Å². The number of rotatable bonds is 4. The maximum Gasteiger partial charge on any atom is 0.0700 e. The molecule has 2 saturated heterocycles. The molecule has 1 aliphatic carbocycles. The summed E-state index contributed by atoms with van der Waals surface area (Å²) >= 11 is 2.09. The molecule has 1 spiro atoms. The molecule has 3 aliphatic rings. The zero-order valence-electron chi connectivity index (χ0n) is 11.4. The third kappa shape index (κ3) is 3.23. The lowest BCUT2D eigenvalue weighted by atomic mass is 9.79. The van der Waals surface area contributed by atoms with Gasteiger partial charge < -0.3 is 10.5 Å². The molecular formula is C15H27NOS. The van der Waals surface area contributed by atoms with Gasteiger partial charge in [-0.1, -0.05) is 0 Å². The van der Waals surface area contributed by atoms with Gasteiger partial charge in [-0.15, -0.1) is 0 Å². The Bertz CT molecular complexity index is 268. The minimum atomic E-state index is 0.262. The molecule has 3 heteroatoms. The molecule has 1 saturated carbocycles. The Labute approximate surface area is 115 Å². The molecule has 18 heavy (non-hydrogen) atoms. The van der Waals surface area contributed by atoms with Crippen LogP contribution in [0, 0.1) is 11.8 Å². The van der Waals surface area contributed by atoms with Crippen LogP contribution in [-0.4, -0.2) is 29.8 Å². The average Bonchev–Trinajstić information content (AvgIpc) is 3.21. The van der Waals surface area contributed by atoms with Crippen molar-refractivity contribution in [3.05, 3.63) is 0 Å². The molecule has 0 aromatic rings. The zero-order valence-corrected chi connectivity index (χ0v) is 12.2. The zero-order chi connectivity index (χ0) is 12.4. The highest BCUT2D eigenvalue weighted by Gasteiger charge is 2.39. The van der Waals surface area contributed by atoms with Gasteiger partial charge in [0, 0.05) is 12.6 Å². The Morgan fingerprint density at radius 2 is 2.00 bits per heavy atom. The fraction of sp³-hybridized carbons (Fsp3) is 1.00. The summed E-state index contributed by atoms with van der Waals surface area (Å²) in [6.07, 6.45) is 10.5. The van der Waals surface area contributed by atoms with Gasteiger partial charge in [0.05, 0.1) is 5.60 Å². The molecule has 2 heterocycles. The van der Waals surface area contributed by atoms with Crippen LogP contribution in [0.4, 0.5) is 0 Å². The highest BCUT2D eigenvalue weighted by molar-refractivity contribution is 7.99. The molecule has 0 amide bonds. The molecule has 0 aromatic carbocycles. The summed E-state index contributed by atoms with van der Waals surface area (Å²) in [7, 11) is 0. The lowest BCUT2D eigenvalue weighted by Gasteiger charge is -2.43. The minimum absolute atomic E-state index is 0.262. The number of hydrogen-bond donors (Lipinski definition) is 1. The fourth-order valence-corrected chi connectivity index (χ4v) is 4.89. The van der Waals surface area contributed by atoms with E-state index in [1.807, 2.05) is 0 Å². The van der Waals surface area contributed by atoms with E-state index in [0.29, 0.717) is 6.04 Å². The Balaban J connectivity index is 1.47. The van der Waals surface area contributed by atoms with Crippen molar-refractivity contribution in [2.45, 2.75) is 63.0 Å². The third-order valence-corrected chi connectivity index (χ3v) is 6.12. The quantitative estimate of drug-likeness (QED) is 0.851. The van der Waals surface area contributed by atoms with E-state index < -0.39 is 0 Å². The largest absolute Gasteiger partial charge is 0.375 e. The second kappa shape index (κ2) is 5.72. The van der Waals surface area contributed by atoms with Crippen LogP contribution < -0.4 is 5.73 Å². The highest BCUT2D eigenvalue weighted by Crippen LogP contribution is 2.41. The molecule has 0 aromatic heterocycles. The Kier molecular flexibility index (Phi) is 4.21. The first kappa shape index (κ1) is 13.3. The van der Waals surface area contributed by atoms with E-state index in [1.165, 1.54) is 62.9 Å². The first-order chi connectivity index (χ1) is 8.77. The van der Waals surface area contributed by atoms with Crippen molar-refractivity contribution < 1.29 is 4.74 Å². The predicted molar refractivity (Wildman–Crippen MR) is 77.9 cm³/mol. The van der Waals surface area contributed by atoms with Crippen molar-refractivity contribution in [2.75, 3.05) is 18.1 Å². The van der Waals surface area contributed by atoms with Crippen LogP contribution in [0.1, 0.15) is 51.4 Å². The van der Waals surface area contributed by atoms with Crippen LogP contribution in [0.15, 0.2) is 0 Å². The van der Waals surface area contributed by atoms with Crippen molar-refractivity contribution in [3.63, 3.8) is 0 Å². The molecule has 2 aliphatic heterocycles. The predicted octanol–water partition coefficient (Wildman–Crippen LogP) is 3.20. The van der Waals surface area contributed by atoms with Gasteiger partial charge in [-0.2, -0.15) is 11.8 Å². The molecule has 0 radical (unpaired) electrons. The van der Waals surface area contributed by atoms with E-state index in [2.05, 4.69) is 11.8 Å². The molecule has 0 bridgehead atoms. The summed E-state index contributed by atoms with van der Waals surface area (Å²) < 4.78 is 6.16. The Hall–Kier alpha value is 0.270. The monoisotopic (exact) mass is 269 g/mol. The van der Waals surface area contributed by atoms with Crippen LogP contribution in [0.2, 0.25) is 0 Å². The molecule has 2 atom stereocenters. The molecule has 3 rings (SSSR count). The normalized spacial score (nSPS) is 33.5. The molecule has 2 N–H and O–H groups in total. The summed E-state index contributed by atoms with van der Waals surface area (Å²) in [5, 5.41) is 0. The third-order valence-electron chi connectivity index (χ3n) is 5.13. The molecule has 2 nitrogen and oxygen atoms in total. The molecule has 2 unspecified atom stereocenters. The van der Waals surface area contributed by atoms with Gasteiger partial charge in [-0.25, -0.2) is 0 Å². The number of thioether (sulfide) groups is 1. The van der Waals surface area contributed by atoms with Crippen LogP contribution in [0.5, 0.6) is 0 Å². The Morgan fingerprint density at radius 3 is 2.72 bits per heavy atom. The van der Waals surface area contributed by atoms with Crippen molar-refractivity contribution in [3.8, 4) is 0 Å². The van der Waals surface area contributed by atoms with E-state index in [4.69, 9.17) is 10.5 Å². The first-order valence-corrected chi connectivity index (χ1v) is 8.90. The van der Waals surface area contributed by atoms with Gasteiger partial charge in [-0.3, -0.25) is 0 Å². The SMILES string of the molecule is NC(CCC1CCOC2(CCSCC2)C1)C1CC1. The van der Waals surface area contributed by atoms with Gasteiger partial charge in [0.1, 0.15) is 0 Å². The van der Waals surface area contributed by atoms with Crippen LogP contribution in [0.25, 0.3) is 0 Å². The van der Waals surface area contributed by atoms with E-state index in [9.17, 15) is 0 Å². The summed E-state index contributed by atoms with van der Waals surface area (Å²) in [6, 6.07) is 0.491. The minimum Gasteiger partial charge on any atom is -0.375 e.